The van der Waals surface area contributed by atoms with Gasteiger partial charge in [0.2, 0.25) is 5.91 Å². The lowest BCUT2D eigenvalue weighted by Crippen LogP contribution is -2.09. The number of nitro groups is 1. The fourth-order valence-electron chi connectivity index (χ4n) is 2.26. The predicted molar refractivity (Wildman–Crippen MR) is 104 cm³/mol. The number of carbonyl (C=O) groups excluding carboxylic acids is 1. The number of nitro benzene ring substituents is 1. The van der Waals surface area contributed by atoms with Crippen molar-refractivity contribution in [2.45, 2.75) is 19.8 Å². The van der Waals surface area contributed by atoms with Gasteiger partial charge in [-0.15, -0.1) is 0 Å². The van der Waals surface area contributed by atoms with Crippen molar-refractivity contribution in [3.63, 3.8) is 0 Å². The number of amides is 1. The van der Waals surface area contributed by atoms with Gasteiger partial charge in [-0.1, -0.05) is 25.5 Å². The Labute approximate surface area is 157 Å². The van der Waals surface area contributed by atoms with Crippen LogP contribution in [0, 0.1) is 10.1 Å². The molecule has 1 amide bonds. The molecule has 0 bridgehead atoms. The second-order valence-electron chi connectivity index (χ2n) is 5.74. The van der Waals surface area contributed by atoms with Crippen LogP contribution in [0.1, 0.15) is 25.3 Å². The van der Waals surface area contributed by atoms with Crippen molar-refractivity contribution in [1.29, 1.82) is 0 Å². The molecule has 0 radical (unpaired) electrons. The van der Waals surface area contributed by atoms with Crippen LogP contribution >= 0.6 is 0 Å². The molecule has 0 aliphatic carbocycles. The number of anilines is 1. The lowest BCUT2D eigenvalue weighted by molar-refractivity contribution is -0.384. The van der Waals surface area contributed by atoms with Gasteiger partial charge in [-0.2, -0.15) is 0 Å². The van der Waals surface area contributed by atoms with E-state index in [4.69, 9.17) is 9.47 Å². The van der Waals surface area contributed by atoms with Crippen molar-refractivity contribution < 1.29 is 19.2 Å². The molecule has 0 heterocycles. The fourth-order valence-corrected chi connectivity index (χ4v) is 2.26. The number of methoxy groups -OCH3 is 1. The lowest BCUT2D eigenvalue weighted by atomic mass is 10.2. The molecule has 0 spiro atoms. The first kappa shape index (κ1) is 20.0. The monoisotopic (exact) mass is 370 g/mol. The molecule has 0 aliphatic heterocycles. The largest absolute Gasteiger partial charge is 0.495 e. The number of unbranched alkanes of at least 4 members (excludes halogenated alkanes) is 1. The Kier molecular flexibility index (Phi) is 7.37. The number of carbonyl (C=O) groups is 1. The van der Waals surface area contributed by atoms with Gasteiger partial charge in [-0.25, -0.2) is 0 Å². The van der Waals surface area contributed by atoms with Crippen LogP contribution in [-0.4, -0.2) is 24.5 Å². The SMILES string of the molecule is CCCCOc1ccc(C=CC(=O)Nc2cc([N+](=O)[O-])ccc2OC)cc1. The van der Waals surface area contributed by atoms with Gasteiger partial charge in [-0.3, -0.25) is 14.9 Å². The van der Waals surface area contributed by atoms with E-state index < -0.39 is 10.8 Å². The number of rotatable bonds is 9. The Morgan fingerprint density at radius 1 is 1.22 bits per heavy atom. The molecule has 2 rings (SSSR count). The van der Waals surface area contributed by atoms with Crippen molar-refractivity contribution in [3.05, 3.63) is 64.2 Å². The van der Waals surface area contributed by atoms with Crippen molar-refractivity contribution in [2.24, 2.45) is 0 Å². The molecular formula is C20H22N2O5. The topological polar surface area (TPSA) is 90.7 Å². The Balaban J connectivity index is 2.00. The number of non-ortho nitro benzene ring substituents is 1. The molecule has 2 aromatic carbocycles. The predicted octanol–water partition coefficient (Wildman–Crippen LogP) is 4.43. The highest BCUT2D eigenvalue weighted by atomic mass is 16.6. The third-order valence-electron chi connectivity index (χ3n) is 3.73. The normalized spacial score (nSPS) is 10.6. The van der Waals surface area contributed by atoms with Crippen molar-refractivity contribution >= 4 is 23.4 Å². The second-order valence-corrected chi connectivity index (χ2v) is 5.74. The maximum atomic E-state index is 12.1. The van der Waals surface area contributed by atoms with Gasteiger partial charge >= 0.3 is 0 Å². The summed E-state index contributed by atoms with van der Waals surface area (Å²) in [7, 11) is 1.43. The van der Waals surface area contributed by atoms with E-state index in [0.29, 0.717) is 12.4 Å². The van der Waals surface area contributed by atoms with Crippen LogP contribution in [0.25, 0.3) is 6.08 Å². The van der Waals surface area contributed by atoms with Gasteiger partial charge in [0.15, 0.2) is 0 Å². The number of hydrogen-bond donors (Lipinski definition) is 1. The zero-order valence-corrected chi connectivity index (χ0v) is 15.3. The highest BCUT2D eigenvalue weighted by molar-refractivity contribution is 6.03. The van der Waals surface area contributed by atoms with Gasteiger partial charge in [0.05, 0.1) is 24.3 Å². The van der Waals surface area contributed by atoms with E-state index >= 15 is 0 Å². The molecule has 0 aliphatic rings. The first-order chi connectivity index (χ1) is 13.0. The molecule has 1 N–H and O–H groups in total. The van der Waals surface area contributed by atoms with Crippen LogP contribution in [-0.2, 0) is 4.79 Å². The molecule has 142 valence electrons. The molecule has 0 saturated heterocycles. The van der Waals surface area contributed by atoms with E-state index in [-0.39, 0.29) is 11.4 Å². The zero-order chi connectivity index (χ0) is 19.6. The maximum absolute atomic E-state index is 12.1. The average Bonchev–Trinajstić information content (AvgIpc) is 2.67. The Hall–Kier alpha value is -3.35. The van der Waals surface area contributed by atoms with E-state index in [1.165, 1.54) is 31.4 Å². The lowest BCUT2D eigenvalue weighted by Gasteiger charge is -2.08. The highest BCUT2D eigenvalue weighted by Gasteiger charge is 2.12. The summed E-state index contributed by atoms with van der Waals surface area (Å²) in [5.74, 6) is 0.708. The number of benzene rings is 2. The minimum Gasteiger partial charge on any atom is -0.495 e. The van der Waals surface area contributed by atoms with E-state index in [1.54, 1.807) is 6.08 Å². The molecule has 0 fully saturated rings. The number of nitrogens with zero attached hydrogens (tertiary/aromatic N) is 1. The van der Waals surface area contributed by atoms with Crippen molar-refractivity contribution in [1.82, 2.24) is 0 Å². The molecule has 0 unspecified atom stereocenters. The van der Waals surface area contributed by atoms with Crippen molar-refractivity contribution in [2.75, 3.05) is 19.0 Å². The summed E-state index contributed by atoms with van der Waals surface area (Å²) in [6.07, 6.45) is 5.08. The van der Waals surface area contributed by atoms with Gasteiger partial charge in [0.1, 0.15) is 11.5 Å². The summed E-state index contributed by atoms with van der Waals surface area (Å²) in [6.45, 7) is 2.78. The Bertz CT molecular complexity index is 816. The van der Waals surface area contributed by atoms with Gasteiger partial charge in [0.25, 0.3) is 5.69 Å². The zero-order valence-electron chi connectivity index (χ0n) is 15.3. The number of hydrogen-bond acceptors (Lipinski definition) is 5. The van der Waals surface area contributed by atoms with Crippen LogP contribution in [0.15, 0.2) is 48.5 Å². The summed E-state index contributed by atoms with van der Waals surface area (Å²) in [5, 5.41) is 13.5. The van der Waals surface area contributed by atoms with Crippen LogP contribution in [0.5, 0.6) is 11.5 Å². The molecule has 2 aromatic rings. The van der Waals surface area contributed by atoms with Gasteiger partial charge < -0.3 is 14.8 Å². The van der Waals surface area contributed by atoms with Crippen LogP contribution in [0.3, 0.4) is 0 Å². The quantitative estimate of drug-likeness (QED) is 0.305. The first-order valence-electron chi connectivity index (χ1n) is 8.58. The summed E-state index contributed by atoms with van der Waals surface area (Å²) < 4.78 is 10.7. The van der Waals surface area contributed by atoms with Gasteiger partial charge in [0, 0.05) is 18.2 Å². The molecule has 0 atom stereocenters. The summed E-state index contributed by atoms with van der Waals surface area (Å²) in [6, 6.07) is 11.4. The molecule has 7 nitrogen and oxygen atoms in total. The second kappa shape index (κ2) is 9.96. The van der Waals surface area contributed by atoms with Crippen molar-refractivity contribution in [3.8, 4) is 11.5 Å². The standard InChI is InChI=1S/C20H22N2O5/c1-3-4-13-27-17-9-5-15(6-10-17)7-12-20(23)21-18-14-16(22(24)25)8-11-19(18)26-2/h5-12,14H,3-4,13H2,1-2H3,(H,21,23). The average molecular weight is 370 g/mol. The molecule has 0 aromatic heterocycles. The Morgan fingerprint density at radius 3 is 2.59 bits per heavy atom. The summed E-state index contributed by atoms with van der Waals surface area (Å²) in [4.78, 5) is 22.5. The minimum absolute atomic E-state index is 0.131. The Morgan fingerprint density at radius 2 is 1.96 bits per heavy atom. The first-order valence-corrected chi connectivity index (χ1v) is 8.58. The maximum Gasteiger partial charge on any atom is 0.271 e. The van der Waals surface area contributed by atoms with E-state index in [9.17, 15) is 14.9 Å². The highest BCUT2D eigenvalue weighted by Crippen LogP contribution is 2.28. The van der Waals surface area contributed by atoms with Crippen LogP contribution in [0.4, 0.5) is 11.4 Å². The number of ether oxygens (including phenoxy) is 2. The van der Waals surface area contributed by atoms with E-state index in [0.717, 1.165) is 24.2 Å². The summed E-state index contributed by atoms with van der Waals surface area (Å²) >= 11 is 0. The van der Waals surface area contributed by atoms with Crippen LogP contribution in [0.2, 0.25) is 0 Å². The smallest absolute Gasteiger partial charge is 0.271 e. The molecule has 27 heavy (non-hydrogen) atoms. The van der Waals surface area contributed by atoms with E-state index in [1.807, 2.05) is 24.3 Å². The summed E-state index contributed by atoms with van der Waals surface area (Å²) in [5.41, 5.74) is 0.939. The molecule has 0 saturated carbocycles. The fraction of sp³-hybridized carbons (Fsp3) is 0.250. The third-order valence-corrected chi connectivity index (χ3v) is 3.73. The third kappa shape index (κ3) is 6.14. The van der Waals surface area contributed by atoms with Crippen LogP contribution < -0.4 is 14.8 Å². The minimum atomic E-state index is -0.533. The number of nitrogens with one attached hydrogen (secondary N) is 1. The van der Waals surface area contributed by atoms with E-state index in [2.05, 4.69) is 12.2 Å². The molecule has 7 heteroatoms. The molecular weight excluding hydrogens is 348 g/mol. The van der Waals surface area contributed by atoms with Gasteiger partial charge in [-0.05, 0) is 36.3 Å².